The normalized spacial score (nSPS) is 12.4. The summed E-state index contributed by atoms with van der Waals surface area (Å²) in [6.07, 6.45) is -1.70. The molecule has 0 bridgehead atoms. The van der Waals surface area contributed by atoms with Gasteiger partial charge >= 0.3 is 10.3 Å². The van der Waals surface area contributed by atoms with E-state index in [-0.39, 0.29) is 6.61 Å². The highest BCUT2D eigenvalue weighted by Crippen LogP contribution is 1.86. The Morgan fingerprint density at radius 3 is 2.45 bits per heavy atom. The van der Waals surface area contributed by atoms with Gasteiger partial charge in [0.25, 0.3) is 0 Å². The summed E-state index contributed by atoms with van der Waals surface area (Å²) in [7, 11) is -3.80. The summed E-state index contributed by atoms with van der Waals surface area (Å²) in [6, 6.07) is 0. The first-order chi connectivity index (χ1) is 4.98. The van der Waals surface area contributed by atoms with Crippen molar-refractivity contribution in [3.63, 3.8) is 0 Å². The molecule has 68 valence electrons. The van der Waals surface area contributed by atoms with E-state index in [2.05, 4.69) is 4.18 Å². The van der Waals surface area contributed by atoms with E-state index in [4.69, 9.17) is 10.2 Å². The van der Waals surface area contributed by atoms with Gasteiger partial charge in [0.05, 0.1) is 13.2 Å². The third kappa shape index (κ3) is 6.20. The molecule has 0 heterocycles. The van der Waals surface area contributed by atoms with Crippen LogP contribution in [0.5, 0.6) is 0 Å². The smallest absolute Gasteiger partial charge is 0.336 e. The van der Waals surface area contributed by atoms with Crippen molar-refractivity contribution >= 4 is 10.3 Å². The van der Waals surface area contributed by atoms with Gasteiger partial charge in [0.15, 0.2) is 6.29 Å². The van der Waals surface area contributed by atoms with Crippen LogP contribution in [0.2, 0.25) is 0 Å². The summed E-state index contributed by atoms with van der Waals surface area (Å²) in [5, 5.41) is 16.5. The Hall–Kier alpha value is -0.210. The molecule has 0 fully saturated rings. The molecule has 3 N–H and O–H groups in total. The molecule has 11 heavy (non-hydrogen) atoms. The standard InChI is InChI=1S/C4H11NO5S/c1-2-10-11(8,9)5-3-4(6)7/h4-7H,2-3H2,1H3. The fourth-order valence-corrected chi connectivity index (χ4v) is 1.12. The molecule has 0 saturated heterocycles. The summed E-state index contributed by atoms with van der Waals surface area (Å²) in [6.45, 7) is 1.05. The first kappa shape index (κ1) is 10.8. The van der Waals surface area contributed by atoms with E-state index < -0.39 is 23.1 Å². The zero-order chi connectivity index (χ0) is 8.91. The number of rotatable bonds is 5. The van der Waals surface area contributed by atoms with Gasteiger partial charge < -0.3 is 10.2 Å². The zero-order valence-corrected chi connectivity index (χ0v) is 6.84. The topological polar surface area (TPSA) is 95.9 Å². The Morgan fingerprint density at radius 2 is 2.09 bits per heavy atom. The fraction of sp³-hybridized carbons (Fsp3) is 1.00. The van der Waals surface area contributed by atoms with Gasteiger partial charge in [0, 0.05) is 0 Å². The van der Waals surface area contributed by atoms with Crippen LogP contribution in [0.15, 0.2) is 0 Å². The Kier molecular flexibility index (Phi) is 4.54. The Morgan fingerprint density at radius 1 is 1.55 bits per heavy atom. The molecule has 0 saturated carbocycles. The maximum Gasteiger partial charge on any atom is 0.336 e. The Labute approximate surface area is 65.1 Å². The first-order valence-corrected chi connectivity index (χ1v) is 4.39. The third-order valence-corrected chi connectivity index (χ3v) is 1.78. The molecule has 6 nitrogen and oxygen atoms in total. The second kappa shape index (κ2) is 4.62. The molecule has 7 heteroatoms. The van der Waals surface area contributed by atoms with Crippen LogP contribution in [0.4, 0.5) is 0 Å². The zero-order valence-electron chi connectivity index (χ0n) is 6.02. The van der Waals surface area contributed by atoms with Crippen LogP contribution in [0.3, 0.4) is 0 Å². The van der Waals surface area contributed by atoms with Gasteiger partial charge in [-0.25, -0.2) is 0 Å². The average molecular weight is 185 g/mol. The van der Waals surface area contributed by atoms with E-state index in [0.29, 0.717) is 0 Å². The largest absolute Gasteiger partial charge is 0.367 e. The van der Waals surface area contributed by atoms with Crippen molar-refractivity contribution in [3.05, 3.63) is 0 Å². The van der Waals surface area contributed by atoms with Crippen molar-refractivity contribution in [1.29, 1.82) is 0 Å². The molecule has 0 atom stereocenters. The molecule has 0 unspecified atom stereocenters. The molecule has 0 rings (SSSR count). The van der Waals surface area contributed by atoms with E-state index in [9.17, 15) is 8.42 Å². The van der Waals surface area contributed by atoms with Crippen molar-refractivity contribution in [2.24, 2.45) is 0 Å². The molecular weight excluding hydrogens is 174 g/mol. The number of aliphatic hydroxyl groups excluding tert-OH is 1. The predicted molar refractivity (Wildman–Crippen MR) is 36.8 cm³/mol. The van der Waals surface area contributed by atoms with Crippen LogP contribution >= 0.6 is 0 Å². The van der Waals surface area contributed by atoms with Crippen LogP contribution in [-0.2, 0) is 14.5 Å². The highest BCUT2D eigenvalue weighted by atomic mass is 32.2. The molecule has 0 spiro atoms. The van der Waals surface area contributed by atoms with Crippen LogP contribution in [-0.4, -0.2) is 38.1 Å². The molecule has 0 aromatic carbocycles. The number of hydrogen-bond donors (Lipinski definition) is 3. The molecule has 0 aromatic rings. The molecule has 0 radical (unpaired) electrons. The van der Waals surface area contributed by atoms with Crippen molar-refractivity contribution in [2.45, 2.75) is 13.2 Å². The van der Waals surface area contributed by atoms with Crippen molar-refractivity contribution in [1.82, 2.24) is 4.72 Å². The highest BCUT2D eigenvalue weighted by Gasteiger charge is 2.09. The van der Waals surface area contributed by atoms with Gasteiger partial charge in [-0.3, -0.25) is 4.18 Å². The lowest BCUT2D eigenvalue weighted by Crippen LogP contribution is -2.33. The van der Waals surface area contributed by atoms with E-state index in [1.807, 2.05) is 4.72 Å². The minimum atomic E-state index is -3.80. The van der Waals surface area contributed by atoms with Crippen LogP contribution in [0.1, 0.15) is 6.92 Å². The predicted octanol–water partition coefficient (Wildman–Crippen LogP) is -1.83. The minimum absolute atomic E-state index is 0.0108. The SMILES string of the molecule is CCOS(=O)(=O)NCC(O)O. The lowest BCUT2D eigenvalue weighted by Gasteiger charge is -2.05. The quantitative estimate of drug-likeness (QED) is 0.438. The molecule has 0 aromatic heterocycles. The molecule has 0 aliphatic rings. The van der Waals surface area contributed by atoms with Crippen molar-refractivity contribution < 1.29 is 22.8 Å². The van der Waals surface area contributed by atoms with Gasteiger partial charge in [-0.15, -0.1) is 0 Å². The van der Waals surface area contributed by atoms with E-state index >= 15 is 0 Å². The molecular formula is C4H11NO5S. The summed E-state index contributed by atoms with van der Waals surface area (Å²) >= 11 is 0. The van der Waals surface area contributed by atoms with Gasteiger partial charge in [-0.05, 0) is 6.92 Å². The second-order valence-corrected chi connectivity index (χ2v) is 3.12. The lowest BCUT2D eigenvalue weighted by molar-refractivity contribution is -0.0340. The van der Waals surface area contributed by atoms with Crippen molar-refractivity contribution in [3.8, 4) is 0 Å². The van der Waals surface area contributed by atoms with Crippen LogP contribution in [0.25, 0.3) is 0 Å². The Balaban J connectivity index is 3.74. The summed E-state index contributed by atoms with van der Waals surface area (Å²) < 4.78 is 27.2. The minimum Gasteiger partial charge on any atom is -0.367 e. The van der Waals surface area contributed by atoms with E-state index in [1.165, 1.54) is 6.92 Å². The molecule has 0 aliphatic carbocycles. The number of hydrogen-bond acceptors (Lipinski definition) is 5. The monoisotopic (exact) mass is 185 g/mol. The summed E-state index contributed by atoms with van der Waals surface area (Å²) in [4.78, 5) is 0. The third-order valence-electron chi connectivity index (χ3n) is 0.716. The van der Waals surface area contributed by atoms with Crippen LogP contribution in [0, 0.1) is 0 Å². The Bertz CT molecular complexity index is 187. The van der Waals surface area contributed by atoms with Gasteiger partial charge in [-0.1, -0.05) is 0 Å². The van der Waals surface area contributed by atoms with Gasteiger partial charge in [0.1, 0.15) is 0 Å². The highest BCUT2D eigenvalue weighted by molar-refractivity contribution is 7.84. The van der Waals surface area contributed by atoms with Gasteiger partial charge in [-0.2, -0.15) is 13.1 Å². The van der Waals surface area contributed by atoms with Crippen LogP contribution < -0.4 is 4.72 Å². The maximum absolute atomic E-state index is 10.6. The van der Waals surface area contributed by atoms with E-state index in [1.54, 1.807) is 0 Å². The number of nitrogens with one attached hydrogen (secondary N) is 1. The average Bonchev–Trinajstić information content (AvgIpc) is 1.84. The van der Waals surface area contributed by atoms with E-state index in [0.717, 1.165) is 0 Å². The lowest BCUT2D eigenvalue weighted by atomic mass is 10.7. The first-order valence-electron chi connectivity index (χ1n) is 2.98. The number of aliphatic hydroxyl groups is 2. The van der Waals surface area contributed by atoms with Gasteiger partial charge in [0.2, 0.25) is 0 Å². The maximum atomic E-state index is 10.6. The summed E-state index contributed by atoms with van der Waals surface area (Å²) in [5.74, 6) is 0. The van der Waals surface area contributed by atoms with Crippen molar-refractivity contribution in [2.75, 3.05) is 13.2 Å². The summed E-state index contributed by atoms with van der Waals surface area (Å²) in [5.41, 5.74) is 0. The second-order valence-electron chi connectivity index (χ2n) is 1.69. The molecule has 0 amide bonds. The molecule has 0 aliphatic heterocycles. The fourth-order valence-electron chi connectivity index (χ4n) is 0.373.